The molecule has 0 aliphatic heterocycles. The molecule has 0 atom stereocenters. The van der Waals surface area contributed by atoms with Gasteiger partial charge in [0.25, 0.3) is 17.7 Å². The number of hydrogen-bond acceptors (Lipinski definition) is 3. The van der Waals surface area contributed by atoms with Gasteiger partial charge in [-0.3, -0.25) is 14.4 Å². The highest BCUT2D eigenvalue weighted by atomic mass is 16.2. The monoisotopic (exact) mass is 511 g/mol. The van der Waals surface area contributed by atoms with Gasteiger partial charge in [0, 0.05) is 58.7 Å². The summed E-state index contributed by atoms with van der Waals surface area (Å²) < 4.78 is 0. The maximum absolute atomic E-state index is 12.8. The minimum absolute atomic E-state index is 0.260. The SMILES string of the molecule is CNC(=O)c1cc(NC(=O)c2ccc(C#Cc3ccc(C#Cc4ccccc4)cc3)cc2)cc(C(=O)NC)c1. The number of amides is 3. The van der Waals surface area contributed by atoms with Gasteiger partial charge in [-0.2, -0.15) is 0 Å². The Morgan fingerprint density at radius 2 is 0.897 bits per heavy atom. The third-order valence-corrected chi connectivity index (χ3v) is 5.68. The van der Waals surface area contributed by atoms with Crippen molar-refractivity contribution >= 4 is 23.4 Å². The molecule has 0 saturated carbocycles. The van der Waals surface area contributed by atoms with E-state index < -0.39 is 0 Å². The number of rotatable bonds is 4. The molecule has 0 aromatic heterocycles. The van der Waals surface area contributed by atoms with Crippen molar-refractivity contribution in [1.29, 1.82) is 0 Å². The van der Waals surface area contributed by atoms with E-state index in [1.165, 1.54) is 32.3 Å². The second-order valence-corrected chi connectivity index (χ2v) is 8.43. The van der Waals surface area contributed by atoms with E-state index in [1.807, 2.05) is 54.6 Å². The number of carbonyl (C=O) groups is 3. The number of anilines is 1. The first-order valence-corrected chi connectivity index (χ1v) is 12.1. The van der Waals surface area contributed by atoms with Crippen LogP contribution in [0.3, 0.4) is 0 Å². The normalized spacial score (nSPS) is 9.69. The molecule has 190 valence electrons. The van der Waals surface area contributed by atoms with Gasteiger partial charge in [-0.05, 0) is 78.9 Å². The molecule has 0 spiro atoms. The summed E-state index contributed by atoms with van der Waals surface area (Å²) in [5.41, 5.74) is 4.74. The number of hydrogen-bond donors (Lipinski definition) is 3. The zero-order valence-electron chi connectivity index (χ0n) is 21.5. The van der Waals surface area contributed by atoms with Crippen LogP contribution in [0.15, 0.2) is 97.1 Å². The number of carbonyl (C=O) groups excluding carboxylic acids is 3. The molecule has 0 bridgehead atoms. The van der Waals surface area contributed by atoms with E-state index in [4.69, 9.17) is 0 Å². The Morgan fingerprint density at radius 3 is 1.33 bits per heavy atom. The van der Waals surface area contributed by atoms with E-state index in [-0.39, 0.29) is 28.8 Å². The van der Waals surface area contributed by atoms with Crippen molar-refractivity contribution in [3.63, 3.8) is 0 Å². The molecule has 3 N–H and O–H groups in total. The predicted molar refractivity (Wildman–Crippen MR) is 152 cm³/mol. The van der Waals surface area contributed by atoms with Gasteiger partial charge >= 0.3 is 0 Å². The van der Waals surface area contributed by atoms with Gasteiger partial charge in [-0.25, -0.2) is 0 Å². The van der Waals surface area contributed by atoms with Crippen molar-refractivity contribution in [2.24, 2.45) is 0 Å². The second kappa shape index (κ2) is 12.6. The molecule has 4 aromatic carbocycles. The standard InChI is InChI=1S/C33H25N3O3/c1-34-31(37)28-20-29(32(38)35-2)22-30(21-28)36-33(39)27-18-16-26(17-19-27)15-14-25-12-10-24(11-13-25)9-8-23-6-4-3-5-7-23/h3-7,10-13,16-22H,1-2H3,(H,34,37)(H,35,38)(H,36,39). The van der Waals surface area contributed by atoms with E-state index in [0.29, 0.717) is 11.3 Å². The first kappa shape index (κ1) is 26.5. The van der Waals surface area contributed by atoms with Crippen molar-refractivity contribution in [2.75, 3.05) is 19.4 Å². The maximum atomic E-state index is 12.8. The highest BCUT2D eigenvalue weighted by molar-refractivity contribution is 6.07. The fourth-order valence-electron chi connectivity index (χ4n) is 3.61. The molecule has 0 aliphatic rings. The van der Waals surface area contributed by atoms with Gasteiger partial charge in [0.2, 0.25) is 0 Å². The van der Waals surface area contributed by atoms with Crippen molar-refractivity contribution in [3.8, 4) is 23.7 Å². The molecule has 0 radical (unpaired) electrons. The fraction of sp³-hybridized carbons (Fsp3) is 0.0606. The molecule has 4 rings (SSSR count). The lowest BCUT2D eigenvalue weighted by atomic mass is 10.1. The fourth-order valence-corrected chi connectivity index (χ4v) is 3.61. The van der Waals surface area contributed by atoms with Crippen molar-refractivity contribution < 1.29 is 14.4 Å². The summed E-state index contributed by atoms with van der Waals surface area (Å²) in [6.45, 7) is 0. The highest BCUT2D eigenvalue weighted by Gasteiger charge is 2.14. The average Bonchev–Trinajstić information content (AvgIpc) is 2.99. The Morgan fingerprint density at radius 1 is 0.487 bits per heavy atom. The van der Waals surface area contributed by atoms with Gasteiger partial charge < -0.3 is 16.0 Å². The molecular formula is C33H25N3O3. The summed E-state index contributed by atoms with van der Waals surface area (Å²) in [7, 11) is 2.99. The Balaban J connectivity index is 1.43. The van der Waals surface area contributed by atoms with Crippen molar-refractivity contribution in [1.82, 2.24) is 10.6 Å². The van der Waals surface area contributed by atoms with Crippen LogP contribution in [0.4, 0.5) is 5.69 Å². The summed E-state index contributed by atoms with van der Waals surface area (Å²) in [6.07, 6.45) is 0. The van der Waals surface area contributed by atoms with Gasteiger partial charge in [-0.15, -0.1) is 0 Å². The minimum atomic E-state index is -0.376. The van der Waals surface area contributed by atoms with Crippen LogP contribution >= 0.6 is 0 Å². The van der Waals surface area contributed by atoms with Crippen LogP contribution in [0, 0.1) is 23.7 Å². The van der Waals surface area contributed by atoms with Crippen LogP contribution in [0.5, 0.6) is 0 Å². The van der Waals surface area contributed by atoms with Crippen LogP contribution in [0.1, 0.15) is 53.3 Å². The summed E-state index contributed by atoms with van der Waals surface area (Å²) in [5.74, 6) is 11.4. The van der Waals surface area contributed by atoms with E-state index in [1.54, 1.807) is 24.3 Å². The Kier molecular flexibility index (Phi) is 8.54. The molecule has 6 nitrogen and oxygen atoms in total. The lowest BCUT2D eigenvalue weighted by molar-refractivity contribution is 0.0960. The average molecular weight is 512 g/mol. The van der Waals surface area contributed by atoms with Crippen molar-refractivity contribution in [3.05, 3.63) is 136 Å². The van der Waals surface area contributed by atoms with Crippen LogP contribution in [-0.2, 0) is 0 Å². The molecular weight excluding hydrogens is 486 g/mol. The third-order valence-electron chi connectivity index (χ3n) is 5.68. The van der Waals surface area contributed by atoms with Gasteiger partial charge in [0.15, 0.2) is 0 Å². The first-order valence-electron chi connectivity index (χ1n) is 12.1. The maximum Gasteiger partial charge on any atom is 0.255 e. The molecule has 4 aromatic rings. The molecule has 0 unspecified atom stereocenters. The minimum Gasteiger partial charge on any atom is -0.355 e. The quantitative estimate of drug-likeness (QED) is 0.354. The highest BCUT2D eigenvalue weighted by Crippen LogP contribution is 2.17. The van der Waals surface area contributed by atoms with E-state index in [2.05, 4.69) is 39.6 Å². The predicted octanol–water partition coefficient (Wildman–Crippen LogP) is 4.46. The summed E-state index contributed by atoms with van der Waals surface area (Å²) in [4.78, 5) is 37.0. The second-order valence-electron chi connectivity index (χ2n) is 8.43. The molecule has 0 aliphatic carbocycles. The van der Waals surface area contributed by atoms with Crippen LogP contribution < -0.4 is 16.0 Å². The lowest BCUT2D eigenvalue weighted by Gasteiger charge is -2.10. The molecule has 0 fully saturated rings. The topological polar surface area (TPSA) is 87.3 Å². The Bertz CT molecular complexity index is 1600. The van der Waals surface area contributed by atoms with Crippen LogP contribution in [0.25, 0.3) is 0 Å². The van der Waals surface area contributed by atoms with Gasteiger partial charge in [0.05, 0.1) is 0 Å². The van der Waals surface area contributed by atoms with E-state index >= 15 is 0 Å². The smallest absolute Gasteiger partial charge is 0.255 e. The van der Waals surface area contributed by atoms with E-state index in [0.717, 1.165) is 22.3 Å². The summed E-state index contributed by atoms with van der Waals surface area (Å²) in [6, 6.07) is 28.9. The Hall–Kier alpha value is -5.59. The lowest BCUT2D eigenvalue weighted by Crippen LogP contribution is -2.22. The first-order chi connectivity index (χ1) is 18.9. The van der Waals surface area contributed by atoms with Crippen molar-refractivity contribution in [2.45, 2.75) is 0 Å². The van der Waals surface area contributed by atoms with Crippen LogP contribution in [0.2, 0.25) is 0 Å². The van der Waals surface area contributed by atoms with Gasteiger partial charge in [-0.1, -0.05) is 41.9 Å². The van der Waals surface area contributed by atoms with Gasteiger partial charge in [0.1, 0.15) is 0 Å². The largest absolute Gasteiger partial charge is 0.355 e. The number of benzene rings is 4. The number of nitrogens with one attached hydrogen (secondary N) is 3. The summed E-state index contributed by atoms with van der Waals surface area (Å²) in [5, 5.41) is 7.79. The zero-order chi connectivity index (χ0) is 27.6. The van der Waals surface area contributed by atoms with Crippen LogP contribution in [-0.4, -0.2) is 31.8 Å². The zero-order valence-corrected chi connectivity index (χ0v) is 21.5. The summed E-state index contributed by atoms with van der Waals surface area (Å²) >= 11 is 0. The molecule has 6 heteroatoms. The molecule has 39 heavy (non-hydrogen) atoms. The third kappa shape index (κ3) is 7.22. The molecule has 3 amide bonds. The van der Waals surface area contributed by atoms with E-state index in [9.17, 15) is 14.4 Å². The molecule has 0 saturated heterocycles. The Labute approximate surface area is 227 Å². The molecule has 0 heterocycles.